The molecule has 5 rings (SSSR count). The lowest BCUT2D eigenvalue weighted by Gasteiger charge is -2.33. The molecule has 0 bridgehead atoms. The highest BCUT2D eigenvalue weighted by Gasteiger charge is 2.43. The average molecular weight is 532 g/mol. The van der Waals surface area contributed by atoms with E-state index in [-0.39, 0.29) is 18.1 Å². The lowest BCUT2D eigenvalue weighted by Crippen LogP contribution is -2.57. The first kappa shape index (κ1) is 26.1. The van der Waals surface area contributed by atoms with Gasteiger partial charge in [0.25, 0.3) is 17.7 Å². The van der Waals surface area contributed by atoms with Gasteiger partial charge in [0.2, 0.25) is 0 Å². The molecule has 1 saturated heterocycles. The average Bonchev–Trinajstić information content (AvgIpc) is 2.97. The fraction of sp³-hybridized carbons (Fsp3) is 0.0625. The lowest BCUT2D eigenvalue weighted by atomic mass is 10.0. The van der Waals surface area contributed by atoms with Crippen molar-refractivity contribution in [3.05, 3.63) is 126 Å². The molecule has 0 radical (unpaired) electrons. The summed E-state index contributed by atoms with van der Waals surface area (Å²) >= 11 is 0. The minimum Gasteiger partial charge on any atom is -0.484 e. The number of barbiturate groups is 1. The smallest absolute Gasteiger partial charge is 0.343 e. The second-order valence-corrected chi connectivity index (χ2v) is 9.06. The number of urea groups is 1. The van der Waals surface area contributed by atoms with Gasteiger partial charge in [0, 0.05) is 5.69 Å². The fourth-order valence-corrected chi connectivity index (χ4v) is 4.15. The van der Waals surface area contributed by atoms with Gasteiger partial charge in [-0.15, -0.1) is 0 Å². The Bertz CT molecular complexity index is 1520. The molecule has 5 amide bonds. The number of benzene rings is 4. The summed E-state index contributed by atoms with van der Waals surface area (Å²) in [4.78, 5) is 54.5. The second kappa shape index (κ2) is 11.5. The van der Waals surface area contributed by atoms with Crippen molar-refractivity contribution < 1.29 is 23.9 Å². The summed E-state index contributed by atoms with van der Waals surface area (Å²) in [7, 11) is 0. The van der Waals surface area contributed by atoms with Crippen LogP contribution in [0.2, 0.25) is 0 Å². The van der Waals surface area contributed by atoms with E-state index in [1.165, 1.54) is 6.08 Å². The summed E-state index contributed by atoms with van der Waals surface area (Å²) in [5.41, 5.74) is 2.85. The van der Waals surface area contributed by atoms with E-state index in [4.69, 9.17) is 4.74 Å². The van der Waals surface area contributed by atoms with Gasteiger partial charge in [0.15, 0.2) is 6.61 Å². The topological polar surface area (TPSA) is 96.0 Å². The van der Waals surface area contributed by atoms with E-state index in [9.17, 15) is 19.2 Å². The first-order valence-corrected chi connectivity index (χ1v) is 12.5. The number of para-hydroxylation sites is 2. The van der Waals surface area contributed by atoms with Crippen LogP contribution in [-0.2, 0) is 14.4 Å². The molecule has 1 aliphatic heterocycles. The van der Waals surface area contributed by atoms with Gasteiger partial charge in [-0.2, -0.15) is 0 Å². The Kier molecular flexibility index (Phi) is 7.50. The normalized spacial score (nSPS) is 13.3. The molecule has 1 N–H and O–H groups in total. The van der Waals surface area contributed by atoms with E-state index in [0.29, 0.717) is 28.4 Å². The monoisotopic (exact) mass is 531 g/mol. The molecule has 1 fully saturated rings. The van der Waals surface area contributed by atoms with Crippen LogP contribution in [0, 0.1) is 6.92 Å². The Morgan fingerprint density at radius 2 is 1.25 bits per heavy atom. The number of nitrogens with one attached hydrogen (secondary N) is 1. The largest absolute Gasteiger partial charge is 0.484 e. The number of imide groups is 2. The number of aryl methyl sites for hydroxylation is 1. The van der Waals surface area contributed by atoms with Crippen molar-refractivity contribution in [3.8, 4) is 5.75 Å². The zero-order valence-electron chi connectivity index (χ0n) is 21.6. The van der Waals surface area contributed by atoms with Gasteiger partial charge in [-0.05, 0) is 67.1 Å². The van der Waals surface area contributed by atoms with Crippen molar-refractivity contribution in [3.63, 3.8) is 0 Å². The number of carbonyl (C=O) groups excluding carboxylic acids is 4. The lowest BCUT2D eigenvalue weighted by molar-refractivity contribution is -0.121. The van der Waals surface area contributed by atoms with Gasteiger partial charge >= 0.3 is 6.03 Å². The predicted molar refractivity (Wildman–Crippen MR) is 153 cm³/mol. The maximum absolute atomic E-state index is 13.5. The maximum Gasteiger partial charge on any atom is 0.343 e. The van der Waals surface area contributed by atoms with Crippen LogP contribution in [0.1, 0.15) is 11.1 Å². The Morgan fingerprint density at radius 3 is 1.77 bits per heavy atom. The molecule has 0 aliphatic carbocycles. The highest BCUT2D eigenvalue weighted by atomic mass is 16.5. The van der Waals surface area contributed by atoms with E-state index in [1.807, 2.05) is 31.2 Å². The summed E-state index contributed by atoms with van der Waals surface area (Å²) in [5, 5.41) is 2.77. The van der Waals surface area contributed by atoms with Crippen LogP contribution in [-0.4, -0.2) is 30.4 Å². The Labute approximate surface area is 231 Å². The predicted octanol–water partition coefficient (Wildman–Crippen LogP) is 5.60. The summed E-state index contributed by atoms with van der Waals surface area (Å²) in [6.07, 6.45) is 1.44. The molecular formula is C32H25N3O5. The summed E-state index contributed by atoms with van der Waals surface area (Å²) in [6, 6.07) is 30.2. The van der Waals surface area contributed by atoms with Gasteiger partial charge in [-0.1, -0.05) is 66.2 Å². The van der Waals surface area contributed by atoms with E-state index < -0.39 is 17.8 Å². The van der Waals surface area contributed by atoms with Gasteiger partial charge in [-0.3, -0.25) is 14.4 Å². The van der Waals surface area contributed by atoms with Gasteiger partial charge in [0.05, 0.1) is 11.4 Å². The van der Waals surface area contributed by atoms with Crippen molar-refractivity contribution in [1.82, 2.24) is 0 Å². The van der Waals surface area contributed by atoms with Crippen molar-refractivity contribution in [2.75, 3.05) is 21.7 Å². The second-order valence-electron chi connectivity index (χ2n) is 9.06. The number of rotatable bonds is 7. The molecule has 4 aromatic rings. The number of anilines is 3. The molecule has 40 heavy (non-hydrogen) atoms. The molecule has 0 spiro atoms. The third-order valence-corrected chi connectivity index (χ3v) is 6.17. The quantitative estimate of drug-likeness (QED) is 0.248. The number of amides is 5. The number of hydrogen-bond acceptors (Lipinski definition) is 5. The van der Waals surface area contributed by atoms with E-state index >= 15 is 0 Å². The van der Waals surface area contributed by atoms with Crippen molar-refractivity contribution in [2.45, 2.75) is 6.92 Å². The molecule has 198 valence electrons. The van der Waals surface area contributed by atoms with Crippen LogP contribution < -0.4 is 19.9 Å². The molecule has 4 aromatic carbocycles. The van der Waals surface area contributed by atoms with E-state index in [1.54, 1.807) is 84.9 Å². The van der Waals surface area contributed by atoms with Gasteiger partial charge in [0.1, 0.15) is 11.3 Å². The summed E-state index contributed by atoms with van der Waals surface area (Å²) in [6.45, 7) is 1.78. The SMILES string of the molecule is Cc1ccc(NC(=O)COc2ccc(C=C3C(=O)N(c4ccccc4)C(=O)N(c4ccccc4)C3=O)cc2)cc1. The Morgan fingerprint density at radius 1 is 0.725 bits per heavy atom. The Hall–Kier alpha value is -5.50. The van der Waals surface area contributed by atoms with Crippen LogP contribution in [0.3, 0.4) is 0 Å². The number of carbonyl (C=O) groups is 4. The molecule has 0 atom stereocenters. The first-order chi connectivity index (χ1) is 19.4. The molecule has 8 nitrogen and oxygen atoms in total. The minimum atomic E-state index is -0.753. The van der Waals surface area contributed by atoms with Gasteiger partial charge < -0.3 is 10.1 Å². The first-order valence-electron chi connectivity index (χ1n) is 12.5. The molecule has 1 heterocycles. The standard InChI is InChI=1S/C32H25N3O5/c1-22-12-16-24(17-13-22)33-29(36)21-40-27-18-14-23(15-19-27)20-28-30(37)34(25-8-4-2-5-9-25)32(39)35(31(28)38)26-10-6-3-7-11-26/h2-20H,21H2,1H3,(H,33,36). The number of ether oxygens (including phenoxy) is 1. The van der Waals surface area contributed by atoms with Crippen molar-refractivity contribution in [2.24, 2.45) is 0 Å². The fourth-order valence-electron chi connectivity index (χ4n) is 4.15. The summed E-state index contributed by atoms with van der Waals surface area (Å²) in [5.74, 6) is -1.31. The van der Waals surface area contributed by atoms with E-state index in [0.717, 1.165) is 15.4 Å². The molecule has 0 saturated carbocycles. The van der Waals surface area contributed by atoms with E-state index in [2.05, 4.69) is 5.32 Å². The highest BCUT2D eigenvalue weighted by molar-refractivity contribution is 6.46. The maximum atomic E-state index is 13.5. The molecular weight excluding hydrogens is 506 g/mol. The summed E-state index contributed by atoms with van der Waals surface area (Å²) < 4.78 is 5.59. The number of nitrogens with zero attached hydrogens (tertiary/aromatic N) is 2. The molecule has 1 aliphatic rings. The molecule has 8 heteroatoms. The number of hydrogen-bond donors (Lipinski definition) is 1. The molecule has 0 aromatic heterocycles. The zero-order chi connectivity index (χ0) is 28.1. The van der Waals surface area contributed by atoms with Crippen LogP contribution in [0.15, 0.2) is 115 Å². The van der Waals surface area contributed by atoms with Crippen LogP contribution in [0.4, 0.5) is 21.9 Å². The van der Waals surface area contributed by atoms with Crippen LogP contribution in [0.5, 0.6) is 5.75 Å². The van der Waals surface area contributed by atoms with Crippen molar-refractivity contribution >= 4 is 46.9 Å². The van der Waals surface area contributed by atoms with Crippen molar-refractivity contribution in [1.29, 1.82) is 0 Å². The van der Waals surface area contributed by atoms with Crippen LogP contribution >= 0.6 is 0 Å². The minimum absolute atomic E-state index is 0.168. The van der Waals surface area contributed by atoms with Gasteiger partial charge in [-0.25, -0.2) is 14.6 Å². The Balaban J connectivity index is 1.36. The molecule has 0 unspecified atom stereocenters. The highest BCUT2D eigenvalue weighted by Crippen LogP contribution is 2.29. The third kappa shape index (κ3) is 5.66. The zero-order valence-corrected chi connectivity index (χ0v) is 21.6. The third-order valence-electron chi connectivity index (χ3n) is 6.17. The van der Waals surface area contributed by atoms with Crippen LogP contribution in [0.25, 0.3) is 6.08 Å².